The summed E-state index contributed by atoms with van der Waals surface area (Å²) in [7, 11) is 0. The van der Waals surface area contributed by atoms with Crippen LogP contribution in [-0.2, 0) is 0 Å². The summed E-state index contributed by atoms with van der Waals surface area (Å²) in [6, 6.07) is 77.7. The zero-order chi connectivity index (χ0) is 47.2. The van der Waals surface area contributed by atoms with Crippen molar-refractivity contribution >= 4 is 141 Å². The number of para-hydroxylation sites is 2. The van der Waals surface area contributed by atoms with Crippen molar-refractivity contribution in [3.05, 3.63) is 223 Å². The minimum atomic E-state index is -0.327. The highest BCUT2D eigenvalue weighted by Crippen LogP contribution is 2.47. The summed E-state index contributed by atoms with van der Waals surface area (Å²) < 4.78 is 14.6. The molecule has 72 heavy (non-hydrogen) atoms. The highest BCUT2D eigenvalue weighted by Gasteiger charge is 2.36. The third-order valence-corrected chi connectivity index (χ3v) is 16.9. The van der Waals surface area contributed by atoms with E-state index in [9.17, 15) is 0 Å². The second-order valence-electron chi connectivity index (χ2n) is 19.4. The average molecular weight is 939 g/mol. The lowest BCUT2D eigenvalue weighted by molar-refractivity contribution is 0.427. The molecule has 5 heterocycles. The highest BCUT2D eigenvalue weighted by atomic mass is 32.1. The predicted molar refractivity (Wildman–Crippen MR) is 305 cm³/mol. The lowest BCUT2D eigenvalue weighted by atomic mass is 9.88. The molecular weight excluding hydrogens is 897 g/mol. The summed E-state index contributed by atoms with van der Waals surface area (Å²) in [5, 5.41) is 16.4. The zero-order valence-corrected chi connectivity index (χ0v) is 40.0. The van der Waals surface area contributed by atoms with E-state index in [1.165, 1.54) is 63.3 Å². The topological polar surface area (TPSA) is 47.7 Å². The summed E-state index contributed by atoms with van der Waals surface area (Å²) in [6.07, 6.45) is 0.507. The van der Waals surface area contributed by atoms with Crippen LogP contribution in [0.3, 0.4) is 0 Å². The van der Waals surface area contributed by atoms with Crippen molar-refractivity contribution in [1.29, 1.82) is 0 Å². The summed E-state index contributed by atoms with van der Waals surface area (Å²) >= 11 is 1.86. The molecule has 6 heteroatoms. The van der Waals surface area contributed by atoms with E-state index in [-0.39, 0.29) is 12.1 Å². The number of amidine groups is 1. The van der Waals surface area contributed by atoms with Crippen molar-refractivity contribution in [1.82, 2.24) is 9.13 Å². The van der Waals surface area contributed by atoms with Gasteiger partial charge in [-0.1, -0.05) is 159 Å². The van der Waals surface area contributed by atoms with Crippen LogP contribution in [0.1, 0.15) is 30.6 Å². The first-order valence-corrected chi connectivity index (χ1v) is 25.8. The molecule has 2 atom stereocenters. The Bertz CT molecular complexity index is 4740. The number of hydrogen-bond donors (Lipinski definition) is 0. The second kappa shape index (κ2) is 15.1. The number of hydrogen-bond acceptors (Lipinski definition) is 4. The normalized spacial score (nSPS) is 15.5. The molecule has 11 aromatic carbocycles. The van der Waals surface area contributed by atoms with Crippen LogP contribution in [0.2, 0.25) is 0 Å². The lowest BCUT2D eigenvalue weighted by Crippen LogP contribution is -2.31. The zero-order valence-electron chi connectivity index (χ0n) is 39.2. The van der Waals surface area contributed by atoms with Crippen LogP contribution in [0.5, 0.6) is 0 Å². The number of fused-ring (bicyclic) bond motifs is 16. The van der Waals surface area contributed by atoms with Gasteiger partial charge in [0.15, 0.2) is 5.84 Å². The van der Waals surface area contributed by atoms with Crippen molar-refractivity contribution in [2.45, 2.75) is 19.5 Å². The van der Waals surface area contributed by atoms with Crippen LogP contribution in [0, 0.1) is 5.92 Å². The first-order chi connectivity index (χ1) is 35.7. The fourth-order valence-electron chi connectivity index (χ4n) is 12.4. The van der Waals surface area contributed by atoms with Gasteiger partial charge in [0.2, 0.25) is 0 Å². The molecule has 0 amide bonds. The maximum atomic E-state index is 7.10. The lowest BCUT2D eigenvalue weighted by Gasteiger charge is -2.32. The third-order valence-electron chi connectivity index (χ3n) is 15.7. The minimum Gasteiger partial charge on any atom is -0.455 e. The van der Waals surface area contributed by atoms with Gasteiger partial charge in [0.05, 0.1) is 38.9 Å². The smallest absolute Gasteiger partial charge is 0.159 e. The molecule has 1 aliphatic rings. The molecule has 0 saturated heterocycles. The molecular formula is C66H42N4OS. The van der Waals surface area contributed by atoms with Crippen molar-refractivity contribution in [2.24, 2.45) is 15.9 Å². The molecule has 1 aliphatic heterocycles. The van der Waals surface area contributed by atoms with Gasteiger partial charge in [-0.25, -0.2) is 9.98 Å². The van der Waals surface area contributed by atoms with Crippen LogP contribution in [0.4, 0.5) is 0 Å². The van der Waals surface area contributed by atoms with Crippen LogP contribution in [0.15, 0.2) is 227 Å². The van der Waals surface area contributed by atoms with Gasteiger partial charge in [-0.05, 0) is 94.0 Å². The van der Waals surface area contributed by atoms with Gasteiger partial charge in [0, 0.05) is 69.5 Å². The molecule has 0 bridgehead atoms. The molecule has 16 rings (SSSR count). The number of benzene rings is 11. The van der Waals surface area contributed by atoms with E-state index in [1.54, 1.807) is 0 Å². The Hall–Kier alpha value is -8.84. The maximum Gasteiger partial charge on any atom is 0.159 e. The highest BCUT2D eigenvalue weighted by molar-refractivity contribution is 7.26. The van der Waals surface area contributed by atoms with Crippen LogP contribution in [-0.4, -0.2) is 20.7 Å². The Labute approximate surface area is 416 Å². The molecule has 4 aromatic heterocycles. The molecule has 15 aromatic rings. The molecule has 0 aliphatic carbocycles. The van der Waals surface area contributed by atoms with Crippen molar-refractivity contribution < 1.29 is 4.42 Å². The van der Waals surface area contributed by atoms with Gasteiger partial charge in [-0.3, -0.25) is 0 Å². The Morgan fingerprint density at radius 3 is 1.74 bits per heavy atom. The Morgan fingerprint density at radius 1 is 0.472 bits per heavy atom. The van der Waals surface area contributed by atoms with E-state index in [0.717, 1.165) is 83.7 Å². The summed E-state index contributed by atoms with van der Waals surface area (Å²) in [4.78, 5) is 12.0. The number of rotatable bonds is 5. The Balaban J connectivity index is 1.08. The van der Waals surface area contributed by atoms with Crippen molar-refractivity contribution in [2.75, 3.05) is 0 Å². The van der Waals surface area contributed by atoms with Gasteiger partial charge in [0.25, 0.3) is 0 Å². The van der Waals surface area contributed by atoms with Gasteiger partial charge >= 0.3 is 0 Å². The van der Waals surface area contributed by atoms with Crippen molar-refractivity contribution in [3.63, 3.8) is 0 Å². The van der Waals surface area contributed by atoms with E-state index in [1.807, 2.05) is 11.3 Å². The Kier molecular flexibility index (Phi) is 8.37. The molecule has 0 spiro atoms. The van der Waals surface area contributed by atoms with E-state index in [2.05, 4.69) is 228 Å². The maximum absolute atomic E-state index is 7.10. The summed E-state index contributed by atoms with van der Waals surface area (Å²) in [6.45, 7) is 2.30. The monoisotopic (exact) mass is 938 g/mol. The van der Waals surface area contributed by atoms with E-state index < -0.39 is 0 Å². The average Bonchev–Trinajstić information content (AvgIpc) is 4.19. The molecule has 0 saturated carbocycles. The van der Waals surface area contributed by atoms with Gasteiger partial charge in [-0.15, -0.1) is 11.3 Å². The van der Waals surface area contributed by atoms with Crippen LogP contribution < -0.4 is 0 Å². The third kappa shape index (κ3) is 5.58. The quantitative estimate of drug-likeness (QED) is 0.170. The van der Waals surface area contributed by atoms with E-state index in [4.69, 9.17) is 14.4 Å². The molecule has 338 valence electrons. The Morgan fingerprint density at radius 2 is 1.06 bits per heavy atom. The SMILES string of the molecule is CCC1C(c2cccc3c2sc2ccccc23)=NC(c2ccc3oc4c5ccccc5ccc4c3c2-n2c3cc4ccccc4cc3c3cc4ccccc4cc32)=NC1n1c2ccccc2c2ccccc21. The first kappa shape index (κ1) is 39.9. The van der Waals surface area contributed by atoms with E-state index in [0.29, 0.717) is 5.84 Å². The largest absolute Gasteiger partial charge is 0.455 e. The fourth-order valence-corrected chi connectivity index (χ4v) is 13.6. The standard InChI is InChI=1S/C66H42N4OS/c1-2-43-61(50-26-15-25-48-47-24-11-14-29-59(47)72-64(48)50)67-65(68-66(43)70-54-27-12-9-22-45(54)46-23-10-13-28-55(46)70)51-32-33-58-60(49-31-30-38-16-7-8-21-44(38)63(49)71-58)62(51)69-56-36-41-19-5-3-17-39(41)34-52(56)53-35-40-18-4-6-20-42(40)37-57(53)69/h3-37,43,66H,2H2,1H3. The van der Waals surface area contributed by atoms with Crippen molar-refractivity contribution in [3.8, 4) is 5.69 Å². The second-order valence-corrected chi connectivity index (χ2v) is 20.5. The van der Waals surface area contributed by atoms with Gasteiger partial charge in [0.1, 0.15) is 17.3 Å². The molecule has 2 unspecified atom stereocenters. The number of aliphatic imine (C=N–C) groups is 2. The van der Waals surface area contributed by atoms with E-state index >= 15 is 0 Å². The minimum absolute atomic E-state index is 0.0527. The first-order valence-electron chi connectivity index (χ1n) is 24.9. The number of furan rings is 1. The number of aromatic nitrogens is 2. The molecule has 0 radical (unpaired) electrons. The van der Waals surface area contributed by atoms with Gasteiger partial charge in [-0.2, -0.15) is 0 Å². The molecule has 0 N–H and O–H groups in total. The number of thiophene rings is 1. The summed E-state index contributed by atoms with van der Waals surface area (Å²) in [5.41, 5.74) is 10.4. The van der Waals surface area contributed by atoms with Crippen LogP contribution >= 0.6 is 11.3 Å². The molecule has 5 nitrogen and oxygen atoms in total. The summed E-state index contributed by atoms with van der Waals surface area (Å²) in [5.74, 6) is 0.645. The predicted octanol–water partition coefficient (Wildman–Crippen LogP) is 18.1. The number of nitrogens with zero attached hydrogens (tertiary/aromatic N) is 4. The molecule has 0 fully saturated rings. The van der Waals surface area contributed by atoms with Crippen LogP contribution in [0.25, 0.3) is 124 Å². The fraction of sp³-hybridized carbons (Fsp3) is 0.0606. The van der Waals surface area contributed by atoms with Gasteiger partial charge < -0.3 is 13.6 Å².